The maximum Gasteiger partial charge on any atom is 0.251 e. The number of carbonyl (C=O) groups excluding carboxylic acids is 1. The second-order valence-electron chi connectivity index (χ2n) is 13.9. The molecular formula is C33H48N2O2. The number of rotatable bonds is 4. The van der Waals surface area contributed by atoms with E-state index in [9.17, 15) is 9.90 Å². The van der Waals surface area contributed by atoms with Crippen LogP contribution < -0.4 is 5.32 Å². The molecule has 0 aliphatic heterocycles. The summed E-state index contributed by atoms with van der Waals surface area (Å²) in [6.45, 7) is 12.0. The number of carbonyl (C=O) groups is 1. The third-order valence-corrected chi connectivity index (χ3v) is 11.8. The van der Waals surface area contributed by atoms with E-state index in [0.717, 1.165) is 37.7 Å². The number of benzene rings is 1. The molecule has 202 valence electrons. The van der Waals surface area contributed by atoms with Gasteiger partial charge >= 0.3 is 0 Å². The van der Waals surface area contributed by atoms with E-state index in [1.165, 1.54) is 6.42 Å². The lowest BCUT2D eigenvalue weighted by Gasteiger charge is -2.54. The van der Waals surface area contributed by atoms with Crippen molar-refractivity contribution in [3.63, 3.8) is 0 Å². The van der Waals surface area contributed by atoms with Crippen LogP contribution in [0.4, 0.5) is 0 Å². The second-order valence-corrected chi connectivity index (χ2v) is 13.9. The van der Waals surface area contributed by atoms with E-state index in [0.29, 0.717) is 17.9 Å². The topological polar surface area (TPSA) is 52.6 Å². The maximum absolute atomic E-state index is 13.0. The van der Waals surface area contributed by atoms with Crippen LogP contribution in [0.3, 0.4) is 0 Å². The zero-order chi connectivity index (χ0) is 26.8. The lowest BCUT2D eigenvalue weighted by Crippen LogP contribution is -2.50. The van der Waals surface area contributed by atoms with Crippen molar-refractivity contribution in [2.75, 3.05) is 14.1 Å². The highest BCUT2D eigenvalue weighted by Gasteiger charge is 2.64. The summed E-state index contributed by atoms with van der Waals surface area (Å²) >= 11 is 0. The van der Waals surface area contributed by atoms with Crippen LogP contribution in [0.1, 0.15) is 83.5 Å². The molecule has 2 fully saturated rings. The predicted molar refractivity (Wildman–Crippen MR) is 151 cm³/mol. The number of aliphatic hydroxyl groups excluding tert-OH is 1. The van der Waals surface area contributed by atoms with Gasteiger partial charge in [0.2, 0.25) is 0 Å². The lowest BCUT2D eigenvalue weighted by molar-refractivity contribution is -0.0235. The first kappa shape index (κ1) is 26.7. The average molecular weight is 505 g/mol. The van der Waals surface area contributed by atoms with Crippen LogP contribution in [0.2, 0.25) is 0 Å². The molecule has 0 saturated heterocycles. The van der Waals surface area contributed by atoms with E-state index in [-0.39, 0.29) is 40.2 Å². The minimum Gasteiger partial charge on any atom is -0.393 e. The van der Waals surface area contributed by atoms with Crippen molar-refractivity contribution in [1.82, 2.24) is 10.2 Å². The summed E-state index contributed by atoms with van der Waals surface area (Å²) in [5.74, 6) is 1.29. The van der Waals surface area contributed by atoms with E-state index in [1.54, 1.807) is 11.1 Å². The van der Waals surface area contributed by atoms with Gasteiger partial charge in [0.05, 0.1) is 6.10 Å². The Kier molecular flexibility index (Phi) is 6.76. The normalized spacial score (nSPS) is 39.4. The van der Waals surface area contributed by atoms with Crippen molar-refractivity contribution < 1.29 is 9.90 Å². The van der Waals surface area contributed by atoms with Gasteiger partial charge in [-0.15, -0.1) is 0 Å². The highest BCUT2D eigenvalue weighted by atomic mass is 16.3. The largest absolute Gasteiger partial charge is 0.393 e. The quantitative estimate of drug-likeness (QED) is 0.478. The first-order chi connectivity index (χ1) is 17.4. The van der Waals surface area contributed by atoms with Crippen molar-refractivity contribution in [2.45, 2.75) is 91.3 Å². The Labute approximate surface area is 224 Å². The van der Waals surface area contributed by atoms with E-state index in [2.05, 4.69) is 71.1 Å². The minimum atomic E-state index is -0.251. The third kappa shape index (κ3) is 4.14. The number of hydrogen-bond acceptors (Lipinski definition) is 3. The van der Waals surface area contributed by atoms with Gasteiger partial charge in [-0.1, -0.05) is 69.2 Å². The summed E-state index contributed by atoms with van der Waals surface area (Å²) in [4.78, 5) is 15.3. The molecule has 2 N–H and O–H groups in total. The Morgan fingerprint density at radius 3 is 2.32 bits per heavy atom. The summed E-state index contributed by atoms with van der Waals surface area (Å²) < 4.78 is 0. The Bertz CT molecular complexity index is 1090. The zero-order valence-electron chi connectivity index (χ0n) is 24.1. The van der Waals surface area contributed by atoms with Gasteiger partial charge < -0.3 is 15.3 Å². The van der Waals surface area contributed by atoms with E-state index in [4.69, 9.17) is 0 Å². The molecule has 4 aliphatic carbocycles. The van der Waals surface area contributed by atoms with Crippen LogP contribution in [-0.4, -0.2) is 48.2 Å². The van der Waals surface area contributed by atoms with Crippen molar-refractivity contribution in [2.24, 2.45) is 34.0 Å². The molecule has 8 atom stereocenters. The molecule has 1 amide bonds. The number of allylic oxidation sites excluding steroid dienone is 3. The Hall–Kier alpha value is -1.91. The molecule has 0 spiro atoms. The molecule has 0 bridgehead atoms. The van der Waals surface area contributed by atoms with Gasteiger partial charge in [0.25, 0.3) is 5.91 Å². The maximum atomic E-state index is 13.0. The minimum absolute atomic E-state index is 0.00997. The van der Waals surface area contributed by atoms with Gasteiger partial charge in [0.15, 0.2) is 0 Å². The number of amides is 1. The molecule has 0 radical (unpaired) electrons. The zero-order valence-corrected chi connectivity index (χ0v) is 24.1. The second kappa shape index (κ2) is 9.38. The summed E-state index contributed by atoms with van der Waals surface area (Å²) in [5.41, 5.74) is 4.11. The van der Waals surface area contributed by atoms with Gasteiger partial charge in [-0.25, -0.2) is 0 Å². The first-order valence-corrected chi connectivity index (χ1v) is 14.5. The standard InChI is InChI=1S/C33H48N2O2/c1-21(35(6)7)29-27(36)20-33(5)26-15-14-25-23(19-24(26)17-18-32(29,33)4)13-16-28(31(25,2)3)34-30(37)22-11-9-8-10-12-22/h8-13,17,21,25-29,36H,14-16,18-20H2,1-7H3,(H,34,37)/t21-,25+,26+,27+,28-,29-,32+,33-/m0/s1. The Morgan fingerprint density at radius 2 is 1.65 bits per heavy atom. The number of hydrogen-bond donors (Lipinski definition) is 2. The highest BCUT2D eigenvalue weighted by molar-refractivity contribution is 5.94. The number of fused-ring (bicyclic) bond motifs is 4. The fourth-order valence-electron chi connectivity index (χ4n) is 9.11. The van der Waals surface area contributed by atoms with Crippen LogP contribution in [0.15, 0.2) is 53.6 Å². The molecule has 2 saturated carbocycles. The fraction of sp³-hybridized carbons (Fsp3) is 0.667. The molecule has 5 rings (SSSR count). The predicted octanol–water partition coefficient (Wildman–Crippen LogP) is 6.23. The van der Waals surface area contributed by atoms with Gasteiger partial charge in [0.1, 0.15) is 0 Å². The van der Waals surface area contributed by atoms with Crippen LogP contribution in [0.5, 0.6) is 0 Å². The summed E-state index contributed by atoms with van der Waals surface area (Å²) in [5, 5.41) is 14.8. The van der Waals surface area contributed by atoms with Crippen LogP contribution >= 0.6 is 0 Å². The van der Waals surface area contributed by atoms with E-state index in [1.807, 2.05) is 30.3 Å². The third-order valence-electron chi connectivity index (χ3n) is 11.8. The first-order valence-electron chi connectivity index (χ1n) is 14.5. The lowest BCUT2D eigenvalue weighted by atomic mass is 9.51. The molecular weight excluding hydrogens is 456 g/mol. The van der Waals surface area contributed by atoms with Crippen molar-refractivity contribution >= 4 is 5.91 Å². The van der Waals surface area contributed by atoms with Crippen molar-refractivity contribution in [3.05, 3.63) is 59.2 Å². The van der Waals surface area contributed by atoms with Gasteiger partial charge in [0, 0.05) is 23.6 Å². The molecule has 37 heavy (non-hydrogen) atoms. The number of aliphatic hydroxyl groups is 1. The monoisotopic (exact) mass is 504 g/mol. The summed E-state index contributed by atoms with van der Waals surface area (Å²) in [7, 11) is 4.30. The van der Waals surface area contributed by atoms with Crippen LogP contribution in [-0.2, 0) is 0 Å². The molecule has 4 nitrogen and oxygen atoms in total. The molecule has 4 heteroatoms. The van der Waals surface area contributed by atoms with Crippen LogP contribution in [0.25, 0.3) is 0 Å². The highest BCUT2D eigenvalue weighted by Crippen LogP contribution is 2.68. The number of nitrogens with zero attached hydrogens (tertiary/aromatic N) is 1. The molecule has 1 aromatic rings. The molecule has 0 heterocycles. The number of nitrogens with one attached hydrogen (secondary N) is 1. The van der Waals surface area contributed by atoms with Gasteiger partial charge in [-0.3, -0.25) is 4.79 Å². The van der Waals surface area contributed by atoms with Gasteiger partial charge in [-0.05, 0) is 99.8 Å². The molecule has 1 aromatic carbocycles. The van der Waals surface area contributed by atoms with Crippen LogP contribution in [0, 0.1) is 34.0 Å². The van der Waals surface area contributed by atoms with E-state index >= 15 is 0 Å². The van der Waals surface area contributed by atoms with Gasteiger partial charge in [-0.2, -0.15) is 0 Å². The van der Waals surface area contributed by atoms with Crippen molar-refractivity contribution in [1.29, 1.82) is 0 Å². The molecule has 0 unspecified atom stereocenters. The molecule has 0 aromatic heterocycles. The average Bonchev–Trinajstić information content (AvgIpc) is 2.96. The Balaban J connectivity index is 1.40. The fourth-order valence-corrected chi connectivity index (χ4v) is 9.11. The summed E-state index contributed by atoms with van der Waals surface area (Å²) in [6, 6.07) is 10.1. The van der Waals surface area contributed by atoms with E-state index < -0.39 is 0 Å². The summed E-state index contributed by atoms with van der Waals surface area (Å²) in [6.07, 6.45) is 11.0. The molecule has 4 aliphatic rings. The Morgan fingerprint density at radius 1 is 1.00 bits per heavy atom. The SMILES string of the molecule is C[C@@H]([C@H]1[C@H](O)C[C@@]2(C)[C@@H]3CC[C@@H]4C(=CC[C@H](NC(=O)c5ccccc5)C4(C)C)CC3=CC[C@]12C)N(C)C. The van der Waals surface area contributed by atoms with Crippen molar-refractivity contribution in [3.8, 4) is 0 Å². The smallest absolute Gasteiger partial charge is 0.251 e.